The highest BCUT2D eigenvalue weighted by molar-refractivity contribution is 5.95. The largest absolute Gasteiger partial charge is 0.364 e. The number of piperidine rings is 1. The smallest absolute Gasteiger partial charge is 0.259 e. The summed E-state index contributed by atoms with van der Waals surface area (Å²) in [7, 11) is 0. The number of likely N-dealkylation sites (tertiary alicyclic amines) is 2. The van der Waals surface area contributed by atoms with Crippen LogP contribution in [0.4, 0.5) is 0 Å². The summed E-state index contributed by atoms with van der Waals surface area (Å²) in [6, 6.07) is 0. The maximum absolute atomic E-state index is 12.7. The van der Waals surface area contributed by atoms with E-state index in [1.807, 2.05) is 23.6 Å². The molecule has 2 fully saturated rings. The Morgan fingerprint density at radius 2 is 1.89 bits per heavy atom. The van der Waals surface area contributed by atoms with Crippen LogP contribution in [-0.2, 0) is 11.3 Å². The van der Waals surface area contributed by atoms with Crippen molar-refractivity contribution in [3.8, 4) is 0 Å². The summed E-state index contributed by atoms with van der Waals surface area (Å²) in [5, 5.41) is 7.80. The Bertz CT molecular complexity index is 857. The Labute approximate surface area is 157 Å². The number of rotatable bonds is 3. The van der Waals surface area contributed by atoms with E-state index in [9.17, 15) is 9.59 Å². The van der Waals surface area contributed by atoms with Crippen molar-refractivity contribution in [2.75, 3.05) is 13.1 Å². The Morgan fingerprint density at radius 1 is 1.15 bits per heavy atom. The molecule has 0 N–H and O–H groups in total. The molecule has 2 amide bonds. The number of aryl methyl sites for hydroxylation is 3. The van der Waals surface area contributed by atoms with Crippen LogP contribution in [0, 0.1) is 20.8 Å². The lowest BCUT2D eigenvalue weighted by molar-refractivity contribution is -0.133. The van der Waals surface area contributed by atoms with Gasteiger partial charge in [-0.3, -0.25) is 9.59 Å². The van der Waals surface area contributed by atoms with Gasteiger partial charge >= 0.3 is 0 Å². The van der Waals surface area contributed by atoms with E-state index in [4.69, 9.17) is 9.05 Å². The summed E-state index contributed by atoms with van der Waals surface area (Å²) in [5.41, 5.74) is 2.76. The lowest BCUT2D eigenvalue weighted by Gasteiger charge is -2.45. The van der Waals surface area contributed by atoms with Gasteiger partial charge in [0.2, 0.25) is 5.91 Å². The van der Waals surface area contributed by atoms with Crippen LogP contribution in [0.15, 0.2) is 15.3 Å². The predicted molar refractivity (Wildman–Crippen MR) is 94.9 cm³/mol. The number of hydrogen-bond donors (Lipinski definition) is 0. The van der Waals surface area contributed by atoms with Crippen LogP contribution in [-0.4, -0.2) is 50.6 Å². The molecular weight excluding hydrogens is 348 g/mol. The topological polar surface area (TPSA) is 92.7 Å². The molecule has 8 nitrogen and oxygen atoms in total. The molecule has 144 valence electrons. The summed E-state index contributed by atoms with van der Waals surface area (Å²) < 4.78 is 10.2. The molecule has 0 radical (unpaired) electrons. The van der Waals surface area contributed by atoms with Crippen molar-refractivity contribution in [2.45, 2.75) is 58.5 Å². The van der Waals surface area contributed by atoms with Gasteiger partial charge in [-0.25, -0.2) is 0 Å². The molecule has 0 atom stereocenters. The van der Waals surface area contributed by atoms with Gasteiger partial charge in [0, 0.05) is 30.6 Å². The summed E-state index contributed by atoms with van der Waals surface area (Å²) in [4.78, 5) is 29.1. The first kappa shape index (κ1) is 17.8. The standard InChI is InChI=1S/C19H24N4O4/c1-12-15(14(3)27-21-12)10-23-17(24)4-5-19(23)6-8-22(9-7-19)18(25)16-11-26-20-13(16)2/h11H,4-10H2,1-3H3. The SMILES string of the molecule is Cc1nocc1C(=O)N1CCC2(CCC(=O)N2Cc2c(C)noc2C)CC1. The molecule has 2 aliphatic rings. The zero-order chi connectivity index (χ0) is 19.2. The zero-order valence-corrected chi connectivity index (χ0v) is 15.9. The van der Waals surface area contributed by atoms with E-state index in [0.29, 0.717) is 37.3 Å². The summed E-state index contributed by atoms with van der Waals surface area (Å²) >= 11 is 0. The quantitative estimate of drug-likeness (QED) is 0.821. The highest BCUT2D eigenvalue weighted by Gasteiger charge is 2.47. The molecule has 0 saturated carbocycles. The molecule has 2 aliphatic heterocycles. The lowest BCUT2D eigenvalue weighted by Crippen LogP contribution is -2.53. The number of aromatic nitrogens is 2. The fourth-order valence-corrected chi connectivity index (χ4v) is 4.33. The Morgan fingerprint density at radius 3 is 2.48 bits per heavy atom. The third-order valence-electron chi connectivity index (χ3n) is 6.14. The van der Waals surface area contributed by atoms with Crippen molar-refractivity contribution in [1.82, 2.24) is 20.1 Å². The molecule has 4 heterocycles. The average Bonchev–Trinajstić information content (AvgIpc) is 3.31. The Hall–Kier alpha value is -2.64. The van der Waals surface area contributed by atoms with Gasteiger partial charge in [0.15, 0.2) is 0 Å². The lowest BCUT2D eigenvalue weighted by atomic mass is 9.84. The van der Waals surface area contributed by atoms with Crippen LogP contribution < -0.4 is 0 Å². The maximum atomic E-state index is 12.7. The van der Waals surface area contributed by atoms with E-state index in [-0.39, 0.29) is 17.4 Å². The molecule has 8 heteroatoms. The molecule has 0 unspecified atom stereocenters. The number of amides is 2. The minimum absolute atomic E-state index is 0.0507. The normalized spacial score (nSPS) is 19.3. The number of carbonyl (C=O) groups excluding carboxylic acids is 2. The second kappa shape index (κ2) is 6.51. The van der Waals surface area contributed by atoms with E-state index >= 15 is 0 Å². The highest BCUT2D eigenvalue weighted by atomic mass is 16.5. The maximum Gasteiger partial charge on any atom is 0.259 e. The third-order valence-corrected chi connectivity index (χ3v) is 6.14. The fourth-order valence-electron chi connectivity index (χ4n) is 4.33. The second-order valence-electron chi connectivity index (χ2n) is 7.61. The van der Waals surface area contributed by atoms with E-state index in [1.165, 1.54) is 6.26 Å². The van der Waals surface area contributed by atoms with E-state index in [1.54, 1.807) is 6.92 Å². The van der Waals surface area contributed by atoms with Crippen LogP contribution >= 0.6 is 0 Å². The van der Waals surface area contributed by atoms with Gasteiger partial charge in [0.25, 0.3) is 5.91 Å². The molecular formula is C19H24N4O4. The first-order valence-electron chi connectivity index (χ1n) is 9.34. The van der Waals surface area contributed by atoms with Gasteiger partial charge < -0.3 is 18.8 Å². The molecule has 0 bridgehead atoms. The summed E-state index contributed by atoms with van der Waals surface area (Å²) in [6.07, 6.45) is 4.35. The monoisotopic (exact) mass is 372 g/mol. The molecule has 2 saturated heterocycles. The molecule has 2 aromatic rings. The van der Waals surface area contributed by atoms with Crippen molar-refractivity contribution < 1.29 is 18.6 Å². The molecule has 4 rings (SSSR count). The summed E-state index contributed by atoms with van der Waals surface area (Å²) in [6.45, 7) is 7.32. The van der Waals surface area contributed by atoms with Crippen LogP contribution in [0.25, 0.3) is 0 Å². The van der Waals surface area contributed by atoms with Gasteiger partial charge in [-0.2, -0.15) is 0 Å². The molecule has 2 aromatic heterocycles. The van der Waals surface area contributed by atoms with Gasteiger partial charge in [-0.1, -0.05) is 10.3 Å². The molecule has 0 aliphatic carbocycles. The van der Waals surface area contributed by atoms with Crippen LogP contribution in [0.3, 0.4) is 0 Å². The first-order chi connectivity index (χ1) is 12.9. The highest BCUT2D eigenvalue weighted by Crippen LogP contribution is 2.40. The number of hydrogen-bond acceptors (Lipinski definition) is 6. The summed E-state index contributed by atoms with van der Waals surface area (Å²) in [5.74, 6) is 0.882. The van der Waals surface area contributed by atoms with Crippen LogP contribution in [0.1, 0.15) is 58.8 Å². The van der Waals surface area contributed by atoms with E-state index in [0.717, 1.165) is 36.3 Å². The van der Waals surface area contributed by atoms with Crippen LogP contribution in [0.2, 0.25) is 0 Å². The zero-order valence-electron chi connectivity index (χ0n) is 15.9. The Balaban J connectivity index is 1.50. The van der Waals surface area contributed by atoms with Gasteiger partial charge in [0.05, 0.1) is 17.9 Å². The van der Waals surface area contributed by atoms with Crippen molar-refractivity contribution in [3.63, 3.8) is 0 Å². The first-order valence-corrected chi connectivity index (χ1v) is 9.34. The van der Waals surface area contributed by atoms with Crippen molar-refractivity contribution >= 4 is 11.8 Å². The minimum atomic E-state index is -0.187. The fraction of sp³-hybridized carbons (Fsp3) is 0.579. The average molecular weight is 372 g/mol. The number of carbonyl (C=O) groups is 2. The minimum Gasteiger partial charge on any atom is -0.364 e. The predicted octanol–water partition coefficient (Wildman–Crippen LogP) is 2.39. The molecule has 27 heavy (non-hydrogen) atoms. The van der Waals surface area contributed by atoms with Gasteiger partial charge in [0.1, 0.15) is 17.6 Å². The van der Waals surface area contributed by atoms with E-state index in [2.05, 4.69) is 10.3 Å². The molecule has 1 spiro atoms. The van der Waals surface area contributed by atoms with E-state index < -0.39 is 0 Å². The van der Waals surface area contributed by atoms with Crippen LogP contribution in [0.5, 0.6) is 0 Å². The van der Waals surface area contributed by atoms with Gasteiger partial charge in [-0.15, -0.1) is 0 Å². The number of nitrogens with zero attached hydrogens (tertiary/aromatic N) is 4. The molecule has 0 aromatic carbocycles. The van der Waals surface area contributed by atoms with Crippen molar-refractivity contribution in [3.05, 3.63) is 34.5 Å². The Kier molecular flexibility index (Phi) is 4.28. The van der Waals surface area contributed by atoms with Crippen molar-refractivity contribution in [1.29, 1.82) is 0 Å². The third kappa shape index (κ3) is 2.93. The van der Waals surface area contributed by atoms with Gasteiger partial charge in [-0.05, 0) is 40.0 Å². The van der Waals surface area contributed by atoms with Crippen molar-refractivity contribution in [2.24, 2.45) is 0 Å². The second-order valence-corrected chi connectivity index (χ2v) is 7.61.